The van der Waals surface area contributed by atoms with Crippen molar-refractivity contribution in [2.45, 2.75) is 24.9 Å². The molecule has 5 heteroatoms. The maximum absolute atomic E-state index is 10.1. The van der Waals surface area contributed by atoms with Crippen LogP contribution in [0.4, 0.5) is 0 Å². The summed E-state index contributed by atoms with van der Waals surface area (Å²) in [4.78, 5) is 6.20. The van der Waals surface area contributed by atoms with E-state index in [2.05, 4.69) is 22.0 Å². The summed E-state index contributed by atoms with van der Waals surface area (Å²) in [6, 6.07) is 6.99. The SMILES string of the molecule is COc1ccc2[nH]c3c(c2c1)C[C@H]1[C@H](CO)[C@H]2C[C@@H]3N1CC2=CCO. The number of methoxy groups -OCH3 is 1. The molecule has 0 amide bonds. The molecule has 1 aromatic carbocycles. The average molecular weight is 340 g/mol. The first-order chi connectivity index (χ1) is 12.2. The molecule has 4 aliphatic heterocycles. The van der Waals surface area contributed by atoms with E-state index in [-0.39, 0.29) is 19.1 Å². The van der Waals surface area contributed by atoms with Gasteiger partial charge in [0, 0.05) is 41.7 Å². The highest BCUT2D eigenvalue weighted by Crippen LogP contribution is 2.54. The van der Waals surface area contributed by atoms with Crippen LogP contribution in [-0.4, -0.2) is 53.0 Å². The average Bonchev–Trinajstić information content (AvgIpc) is 3.00. The standard InChI is InChI=1S/C20H24N2O3/c1-25-12-2-3-17-14(6-12)15-8-18-16(10-24)13-7-19(20(15)21-17)22(18)9-11(13)4-5-23/h2-4,6,13,16,18-19,21,23-24H,5,7-10H2,1H3/t13-,16+,18-,19-/m0/s1. The summed E-state index contributed by atoms with van der Waals surface area (Å²) < 4.78 is 5.41. The van der Waals surface area contributed by atoms with E-state index in [1.165, 1.54) is 27.7 Å². The predicted molar refractivity (Wildman–Crippen MR) is 95.6 cm³/mol. The monoisotopic (exact) mass is 340 g/mol. The van der Waals surface area contributed by atoms with E-state index >= 15 is 0 Å². The Morgan fingerprint density at radius 1 is 1.36 bits per heavy atom. The molecular weight excluding hydrogens is 316 g/mol. The van der Waals surface area contributed by atoms with E-state index in [1.807, 2.05) is 12.1 Å². The minimum absolute atomic E-state index is 0.0879. The van der Waals surface area contributed by atoms with E-state index in [0.717, 1.165) is 25.1 Å². The molecule has 1 unspecified atom stereocenters. The minimum Gasteiger partial charge on any atom is -0.497 e. The van der Waals surface area contributed by atoms with Crippen LogP contribution in [0.2, 0.25) is 0 Å². The first kappa shape index (κ1) is 15.4. The first-order valence-electron chi connectivity index (χ1n) is 9.10. The topological polar surface area (TPSA) is 68.7 Å². The van der Waals surface area contributed by atoms with Crippen molar-refractivity contribution in [3.05, 3.63) is 41.1 Å². The summed E-state index contributed by atoms with van der Waals surface area (Å²) in [5.41, 5.74) is 5.20. The van der Waals surface area contributed by atoms with E-state index in [4.69, 9.17) is 4.74 Å². The van der Waals surface area contributed by atoms with Gasteiger partial charge in [0.25, 0.3) is 0 Å². The van der Waals surface area contributed by atoms with Crippen molar-refractivity contribution in [2.75, 3.05) is 26.9 Å². The summed E-state index contributed by atoms with van der Waals surface area (Å²) in [5.74, 6) is 1.52. The predicted octanol–water partition coefficient (Wildman–Crippen LogP) is 2.01. The molecule has 3 fully saturated rings. The molecule has 3 N–H and O–H groups in total. The highest BCUT2D eigenvalue weighted by molar-refractivity contribution is 5.86. The quantitative estimate of drug-likeness (QED) is 0.748. The smallest absolute Gasteiger partial charge is 0.119 e. The number of nitrogens with zero attached hydrogens (tertiary/aromatic N) is 1. The summed E-state index contributed by atoms with van der Waals surface area (Å²) in [6.07, 6.45) is 3.93. The third-order valence-corrected chi connectivity index (χ3v) is 6.61. The van der Waals surface area contributed by atoms with Crippen molar-refractivity contribution in [3.8, 4) is 5.75 Å². The van der Waals surface area contributed by atoms with Gasteiger partial charge >= 0.3 is 0 Å². The number of hydrogen-bond donors (Lipinski definition) is 3. The molecule has 0 radical (unpaired) electrons. The van der Waals surface area contributed by atoms with E-state index < -0.39 is 0 Å². The molecule has 4 bridgehead atoms. The minimum atomic E-state index is 0.0879. The maximum Gasteiger partial charge on any atom is 0.119 e. The molecule has 2 aromatic rings. The van der Waals surface area contributed by atoms with Gasteiger partial charge in [-0.25, -0.2) is 0 Å². The Morgan fingerprint density at radius 2 is 2.24 bits per heavy atom. The van der Waals surface area contributed by atoms with Gasteiger partial charge in [0.05, 0.1) is 19.8 Å². The van der Waals surface area contributed by atoms with Crippen LogP contribution < -0.4 is 4.74 Å². The Morgan fingerprint density at radius 3 is 3.00 bits per heavy atom. The largest absolute Gasteiger partial charge is 0.497 e. The van der Waals surface area contributed by atoms with Gasteiger partial charge in [0.2, 0.25) is 0 Å². The summed E-state index contributed by atoms with van der Waals surface area (Å²) in [5, 5.41) is 20.7. The van der Waals surface area contributed by atoms with Gasteiger partial charge < -0.3 is 19.9 Å². The molecule has 3 saturated heterocycles. The second-order valence-electron chi connectivity index (χ2n) is 7.54. The number of fused-ring (bicyclic) bond motifs is 4. The van der Waals surface area contributed by atoms with Crippen LogP contribution in [0.15, 0.2) is 29.8 Å². The van der Waals surface area contributed by atoms with Gasteiger partial charge in [-0.2, -0.15) is 0 Å². The molecule has 5 atom stereocenters. The number of ether oxygens (including phenoxy) is 1. The van der Waals surface area contributed by atoms with Gasteiger partial charge in [-0.3, -0.25) is 4.90 Å². The third kappa shape index (κ3) is 2.06. The van der Waals surface area contributed by atoms with E-state index in [0.29, 0.717) is 18.0 Å². The van der Waals surface area contributed by atoms with Crippen LogP contribution in [0.5, 0.6) is 5.75 Å². The number of benzene rings is 1. The lowest BCUT2D eigenvalue weighted by atomic mass is 9.64. The van der Waals surface area contributed by atoms with E-state index in [9.17, 15) is 10.2 Å². The molecular formula is C20H24N2O3. The Kier molecular flexibility index (Phi) is 3.45. The van der Waals surface area contributed by atoms with Crippen molar-refractivity contribution < 1.29 is 14.9 Å². The number of H-pyrrole nitrogens is 1. The summed E-state index contributed by atoms with van der Waals surface area (Å²) >= 11 is 0. The normalized spacial score (nSPS) is 34.5. The Balaban J connectivity index is 1.63. The molecule has 4 aliphatic rings. The van der Waals surface area contributed by atoms with Gasteiger partial charge in [-0.05, 0) is 42.5 Å². The Hall–Kier alpha value is -1.82. The van der Waals surface area contributed by atoms with Crippen molar-refractivity contribution in [2.24, 2.45) is 11.8 Å². The lowest BCUT2D eigenvalue weighted by molar-refractivity contribution is -0.0505. The molecule has 5 heterocycles. The zero-order valence-corrected chi connectivity index (χ0v) is 14.4. The van der Waals surface area contributed by atoms with Crippen LogP contribution in [0.3, 0.4) is 0 Å². The second kappa shape index (κ2) is 5.59. The highest BCUT2D eigenvalue weighted by Gasteiger charge is 2.52. The second-order valence-corrected chi connectivity index (χ2v) is 7.54. The van der Waals surface area contributed by atoms with Crippen LogP contribution in [-0.2, 0) is 6.42 Å². The molecule has 132 valence electrons. The third-order valence-electron chi connectivity index (χ3n) is 6.61. The van der Waals surface area contributed by atoms with Gasteiger partial charge in [-0.15, -0.1) is 0 Å². The first-order valence-corrected chi connectivity index (χ1v) is 9.10. The number of aliphatic hydroxyl groups is 2. The number of piperidine rings is 3. The maximum atomic E-state index is 10.1. The van der Waals surface area contributed by atoms with Crippen LogP contribution in [0, 0.1) is 11.8 Å². The molecule has 0 aliphatic carbocycles. The molecule has 25 heavy (non-hydrogen) atoms. The number of hydrogen-bond acceptors (Lipinski definition) is 4. The molecule has 0 saturated carbocycles. The van der Waals surface area contributed by atoms with Crippen LogP contribution >= 0.6 is 0 Å². The summed E-state index contributed by atoms with van der Waals surface area (Å²) in [7, 11) is 1.70. The van der Waals surface area contributed by atoms with Gasteiger partial charge in [-0.1, -0.05) is 11.6 Å². The van der Waals surface area contributed by atoms with Crippen molar-refractivity contribution >= 4 is 10.9 Å². The zero-order valence-electron chi connectivity index (χ0n) is 14.4. The van der Waals surface area contributed by atoms with Crippen LogP contribution in [0.25, 0.3) is 10.9 Å². The Labute approximate surface area is 146 Å². The lowest BCUT2D eigenvalue weighted by Crippen LogP contribution is -2.60. The van der Waals surface area contributed by atoms with Crippen molar-refractivity contribution in [1.29, 1.82) is 0 Å². The number of aromatic nitrogens is 1. The van der Waals surface area contributed by atoms with Crippen molar-refractivity contribution in [3.63, 3.8) is 0 Å². The van der Waals surface area contributed by atoms with E-state index in [1.54, 1.807) is 7.11 Å². The fourth-order valence-electron chi connectivity index (χ4n) is 5.50. The Bertz CT molecular complexity index is 856. The number of nitrogens with one attached hydrogen (secondary N) is 1. The lowest BCUT2D eigenvalue weighted by Gasteiger charge is -2.58. The van der Waals surface area contributed by atoms with Crippen LogP contribution in [0.1, 0.15) is 23.7 Å². The number of aliphatic hydroxyl groups excluding tert-OH is 2. The molecule has 0 spiro atoms. The zero-order chi connectivity index (χ0) is 17.1. The van der Waals surface area contributed by atoms with Crippen molar-refractivity contribution in [1.82, 2.24) is 9.88 Å². The highest BCUT2D eigenvalue weighted by atomic mass is 16.5. The number of rotatable bonds is 3. The van der Waals surface area contributed by atoms with Gasteiger partial charge in [0.15, 0.2) is 0 Å². The fourth-order valence-corrected chi connectivity index (χ4v) is 5.50. The molecule has 1 aromatic heterocycles. The van der Waals surface area contributed by atoms with Gasteiger partial charge in [0.1, 0.15) is 5.75 Å². The molecule has 5 nitrogen and oxygen atoms in total. The number of aromatic amines is 1. The molecule has 6 rings (SSSR count). The summed E-state index contributed by atoms with van der Waals surface area (Å²) in [6.45, 7) is 1.21. The fraction of sp³-hybridized carbons (Fsp3) is 0.500.